The molecule has 2 aromatic carbocycles. The quantitative estimate of drug-likeness (QED) is 0.446. The molecule has 4 rings (SSSR count). The summed E-state index contributed by atoms with van der Waals surface area (Å²) in [6, 6.07) is 16.6. The molecular formula is C24H25N5O4. The molecule has 0 atom stereocenters. The van der Waals surface area contributed by atoms with Crippen molar-refractivity contribution in [2.45, 2.75) is 26.9 Å². The van der Waals surface area contributed by atoms with Crippen LogP contribution in [0, 0.1) is 6.92 Å². The van der Waals surface area contributed by atoms with Gasteiger partial charge in [-0.2, -0.15) is 10.2 Å². The number of aryl methyl sites for hydroxylation is 1. The van der Waals surface area contributed by atoms with Crippen LogP contribution in [-0.4, -0.2) is 39.0 Å². The normalized spacial score (nSPS) is 10.9. The number of hydrogen-bond acceptors (Lipinski definition) is 6. The number of rotatable bonds is 8. The van der Waals surface area contributed by atoms with Crippen molar-refractivity contribution in [3.8, 4) is 22.8 Å². The molecular weight excluding hydrogens is 422 g/mol. The Bertz CT molecular complexity index is 1320. The van der Waals surface area contributed by atoms with Crippen molar-refractivity contribution in [2.24, 2.45) is 0 Å². The summed E-state index contributed by atoms with van der Waals surface area (Å²) < 4.78 is 13.3. The summed E-state index contributed by atoms with van der Waals surface area (Å²) >= 11 is 0. The number of aromatic nitrogens is 4. The number of fused-ring (bicyclic) bond motifs is 1. The molecule has 4 aromatic rings. The second kappa shape index (κ2) is 9.56. The molecule has 0 unspecified atom stereocenters. The van der Waals surface area contributed by atoms with E-state index in [9.17, 15) is 9.59 Å². The predicted molar refractivity (Wildman–Crippen MR) is 123 cm³/mol. The Morgan fingerprint density at radius 1 is 1.03 bits per heavy atom. The van der Waals surface area contributed by atoms with Gasteiger partial charge in [0.25, 0.3) is 5.56 Å². The number of carbonyl (C=O) groups excluding carboxylic acids is 1. The Morgan fingerprint density at radius 2 is 1.73 bits per heavy atom. The molecule has 9 nitrogen and oxygen atoms in total. The summed E-state index contributed by atoms with van der Waals surface area (Å²) in [4.78, 5) is 25.4. The molecule has 2 heterocycles. The van der Waals surface area contributed by atoms with Crippen LogP contribution in [0.2, 0.25) is 0 Å². The monoisotopic (exact) mass is 447 g/mol. The van der Waals surface area contributed by atoms with Crippen molar-refractivity contribution >= 4 is 11.4 Å². The van der Waals surface area contributed by atoms with E-state index in [0.29, 0.717) is 30.2 Å². The molecule has 9 heteroatoms. The summed E-state index contributed by atoms with van der Waals surface area (Å²) in [6.07, 6.45) is 0. The van der Waals surface area contributed by atoms with E-state index in [1.54, 1.807) is 20.1 Å². The SMILES string of the molecule is CCOc1ccc(CNC(=O)Cn2nc(C)n3nc(-c4ccc(OC)cc4)cc3c2=O)cc1. The highest BCUT2D eigenvalue weighted by atomic mass is 16.5. The Kier molecular flexibility index (Phi) is 6.39. The van der Waals surface area contributed by atoms with Crippen LogP contribution in [0.15, 0.2) is 59.4 Å². The van der Waals surface area contributed by atoms with E-state index >= 15 is 0 Å². The Labute approximate surface area is 190 Å². The fourth-order valence-corrected chi connectivity index (χ4v) is 3.45. The number of nitrogens with one attached hydrogen (secondary N) is 1. The first kappa shape index (κ1) is 22.1. The molecule has 0 aliphatic heterocycles. The number of nitrogens with zero attached hydrogens (tertiary/aromatic N) is 4. The third kappa shape index (κ3) is 4.87. The molecule has 1 amide bonds. The second-order valence-electron chi connectivity index (χ2n) is 7.42. The predicted octanol–water partition coefficient (Wildman–Crippen LogP) is 2.59. The summed E-state index contributed by atoms with van der Waals surface area (Å²) in [5, 5.41) is 11.6. The molecule has 170 valence electrons. The van der Waals surface area contributed by atoms with Crippen molar-refractivity contribution in [1.29, 1.82) is 0 Å². The van der Waals surface area contributed by atoms with Gasteiger partial charge in [0.15, 0.2) is 0 Å². The van der Waals surface area contributed by atoms with Crippen molar-refractivity contribution < 1.29 is 14.3 Å². The van der Waals surface area contributed by atoms with Gasteiger partial charge in [-0.25, -0.2) is 9.20 Å². The van der Waals surface area contributed by atoms with Crippen LogP contribution < -0.4 is 20.3 Å². The molecule has 0 bridgehead atoms. The lowest BCUT2D eigenvalue weighted by Gasteiger charge is -2.09. The maximum Gasteiger partial charge on any atom is 0.293 e. The van der Waals surface area contributed by atoms with Crippen molar-refractivity contribution in [1.82, 2.24) is 24.7 Å². The van der Waals surface area contributed by atoms with Crippen LogP contribution in [0.5, 0.6) is 11.5 Å². The lowest BCUT2D eigenvalue weighted by Crippen LogP contribution is -2.34. The fourth-order valence-electron chi connectivity index (χ4n) is 3.45. The van der Waals surface area contributed by atoms with E-state index in [1.165, 1.54) is 4.52 Å². The first-order chi connectivity index (χ1) is 16.0. The summed E-state index contributed by atoms with van der Waals surface area (Å²) in [6.45, 7) is 4.42. The number of carbonyl (C=O) groups is 1. The molecule has 33 heavy (non-hydrogen) atoms. The average molecular weight is 447 g/mol. The zero-order chi connectivity index (χ0) is 23.4. The first-order valence-electron chi connectivity index (χ1n) is 10.6. The van der Waals surface area contributed by atoms with Gasteiger partial charge in [0.05, 0.1) is 19.4 Å². The van der Waals surface area contributed by atoms with E-state index in [0.717, 1.165) is 27.3 Å². The topological polar surface area (TPSA) is 99.8 Å². The number of benzene rings is 2. The highest BCUT2D eigenvalue weighted by Gasteiger charge is 2.15. The lowest BCUT2D eigenvalue weighted by molar-refractivity contribution is -0.122. The third-order valence-corrected chi connectivity index (χ3v) is 5.14. The summed E-state index contributed by atoms with van der Waals surface area (Å²) in [7, 11) is 1.60. The van der Waals surface area contributed by atoms with Crippen molar-refractivity contribution in [3.05, 3.63) is 76.3 Å². The standard InChI is InChI=1S/C24H25N5O4/c1-4-33-20-9-5-17(6-10-20)14-25-23(30)15-28-24(31)22-13-21(27-29(22)16(2)26-28)18-7-11-19(32-3)12-8-18/h5-13H,4,14-15H2,1-3H3,(H,25,30). The van der Waals surface area contributed by atoms with Gasteiger partial charge in [0.1, 0.15) is 29.4 Å². The van der Waals surface area contributed by atoms with Gasteiger partial charge >= 0.3 is 0 Å². The molecule has 2 aromatic heterocycles. The smallest absolute Gasteiger partial charge is 0.293 e. The maximum atomic E-state index is 13.0. The van der Waals surface area contributed by atoms with E-state index < -0.39 is 0 Å². The number of methoxy groups -OCH3 is 1. The zero-order valence-electron chi connectivity index (χ0n) is 18.7. The van der Waals surface area contributed by atoms with Crippen molar-refractivity contribution in [2.75, 3.05) is 13.7 Å². The van der Waals surface area contributed by atoms with Crippen LogP contribution in [0.4, 0.5) is 0 Å². The van der Waals surface area contributed by atoms with Gasteiger partial charge in [-0.1, -0.05) is 12.1 Å². The van der Waals surface area contributed by atoms with Gasteiger partial charge in [-0.3, -0.25) is 9.59 Å². The van der Waals surface area contributed by atoms with Gasteiger partial charge in [-0.05, 0) is 61.9 Å². The molecule has 0 saturated carbocycles. The minimum atomic E-state index is -0.385. The van der Waals surface area contributed by atoms with Crippen LogP contribution in [0.25, 0.3) is 16.8 Å². The lowest BCUT2D eigenvalue weighted by atomic mass is 10.1. The Morgan fingerprint density at radius 3 is 2.39 bits per heavy atom. The third-order valence-electron chi connectivity index (χ3n) is 5.14. The highest BCUT2D eigenvalue weighted by Crippen LogP contribution is 2.22. The van der Waals surface area contributed by atoms with E-state index in [-0.39, 0.29) is 18.0 Å². The molecule has 0 aliphatic rings. The largest absolute Gasteiger partial charge is 0.497 e. The molecule has 0 spiro atoms. The van der Waals surface area contributed by atoms with E-state index in [2.05, 4.69) is 15.5 Å². The summed E-state index contributed by atoms with van der Waals surface area (Å²) in [5.41, 5.74) is 2.38. The number of hydrogen-bond donors (Lipinski definition) is 1. The fraction of sp³-hybridized carbons (Fsp3) is 0.250. The van der Waals surface area contributed by atoms with E-state index in [1.807, 2.05) is 55.5 Å². The van der Waals surface area contributed by atoms with Gasteiger partial charge in [0.2, 0.25) is 5.91 Å². The second-order valence-corrected chi connectivity index (χ2v) is 7.42. The molecule has 0 saturated heterocycles. The Hall–Kier alpha value is -4.14. The maximum absolute atomic E-state index is 13.0. The zero-order valence-corrected chi connectivity index (χ0v) is 18.7. The van der Waals surface area contributed by atoms with E-state index in [4.69, 9.17) is 9.47 Å². The van der Waals surface area contributed by atoms with Crippen LogP contribution in [-0.2, 0) is 17.9 Å². The molecule has 1 N–H and O–H groups in total. The Balaban J connectivity index is 1.49. The van der Waals surface area contributed by atoms with Gasteiger partial charge in [0, 0.05) is 12.1 Å². The molecule has 0 radical (unpaired) electrons. The van der Waals surface area contributed by atoms with Crippen LogP contribution in [0.1, 0.15) is 18.3 Å². The first-order valence-corrected chi connectivity index (χ1v) is 10.6. The minimum absolute atomic E-state index is 0.184. The number of ether oxygens (including phenoxy) is 2. The van der Waals surface area contributed by atoms with Gasteiger partial charge < -0.3 is 14.8 Å². The number of amides is 1. The molecule has 0 aliphatic carbocycles. The van der Waals surface area contributed by atoms with Gasteiger partial charge in [-0.15, -0.1) is 0 Å². The molecule has 0 fully saturated rings. The summed E-state index contributed by atoms with van der Waals surface area (Å²) in [5.74, 6) is 1.71. The van der Waals surface area contributed by atoms with Crippen molar-refractivity contribution in [3.63, 3.8) is 0 Å². The minimum Gasteiger partial charge on any atom is -0.497 e. The van der Waals surface area contributed by atoms with Crippen LogP contribution >= 0.6 is 0 Å². The highest BCUT2D eigenvalue weighted by molar-refractivity contribution is 5.75. The van der Waals surface area contributed by atoms with Crippen LogP contribution in [0.3, 0.4) is 0 Å². The average Bonchev–Trinajstić information content (AvgIpc) is 3.29.